The molecule has 0 amide bonds. The van der Waals surface area contributed by atoms with Crippen LogP contribution in [-0.2, 0) is 13.1 Å². The topological polar surface area (TPSA) is 42.1 Å². The third kappa shape index (κ3) is 2.88. The van der Waals surface area contributed by atoms with E-state index in [0.29, 0.717) is 6.54 Å². The van der Waals surface area contributed by atoms with Gasteiger partial charge in [-0.2, -0.15) is 0 Å². The Bertz CT molecular complexity index is 747. The maximum Gasteiger partial charge on any atom is 0.0722 e. The van der Waals surface area contributed by atoms with Gasteiger partial charge in [-0.15, -0.1) is 0 Å². The number of nitrogens with zero attached hydrogens (tertiary/aromatic N) is 2. The number of pyridine rings is 1. The molecule has 0 saturated carbocycles. The minimum Gasteiger partial charge on any atom is -0.370 e. The number of hydrogen-bond acceptors (Lipinski definition) is 3. The Kier molecular flexibility index (Phi) is 3.84. The minimum absolute atomic E-state index is 0.579. The lowest BCUT2D eigenvalue weighted by Gasteiger charge is -2.21. The van der Waals surface area contributed by atoms with E-state index in [1.165, 1.54) is 22.2 Å². The van der Waals surface area contributed by atoms with Gasteiger partial charge < -0.3 is 10.6 Å². The lowest BCUT2D eigenvalue weighted by atomic mass is 10.1. The first-order valence-electron chi connectivity index (χ1n) is 7.10. The molecule has 3 rings (SSSR count). The fourth-order valence-electron chi connectivity index (χ4n) is 2.63. The van der Waals surface area contributed by atoms with Crippen molar-refractivity contribution in [2.75, 3.05) is 11.9 Å². The number of benzene rings is 2. The van der Waals surface area contributed by atoms with E-state index < -0.39 is 0 Å². The van der Waals surface area contributed by atoms with Crippen LogP contribution in [0.5, 0.6) is 0 Å². The summed E-state index contributed by atoms with van der Waals surface area (Å²) in [6.45, 7) is 1.43. The lowest BCUT2D eigenvalue weighted by molar-refractivity contribution is 0.920. The second-order valence-corrected chi connectivity index (χ2v) is 5.23. The molecule has 0 aliphatic heterocycles. The Morgan fingerprint density at radius 3 is 2.67 bits per heavy atom. The van der Waals surface area contributed by atoms with E-state index >= 15 is 0 Å². The van der Waals surface area contributed by atoms with Crippen molar-refractivity contribution >= 4 is 16.6 Å². The van der Waals surface area contributed by atoms with Gasteiger partial charge >= 0.3 is 0 Å². The van der Waals surface area contributed by atoms with Gasteiger partial charge in [-0.25, -0.2) is 0 Å². The molecule has 3 nitrogen and oxygen atoms in total. The van der Waals surface area contributed by atoms with E-state index in [1.54, 1.807) is 0 Å². The Labute approximate surface area is 125 Å². The SMILES string of the molecule is CN(Cc1cccc(CN)c1)c1ccnc2ccccc12. The van der Waals surface area contributed by atoms with Crippen LogP contribution in [-0.4, -0.2) is 12.0 Å². The molecular formula is C18H19N3. The third-order valence-electron chi connectivity index (χ3n) is 3.68. The maximum atomic E-state index is 5.71. The zero-order valence-corrected chi connectivity index (χ0v) is 12.2. The van der Waals surface area contributed by atoms with Gasteiger partial charge in [0, 0.05) is 37.4 Å². The molecule has 21 heavy (non-hydrogen) atoms. The third-order valence-corrected chi connectivity index (χ3v) is 3.68. The van der Waals surface area contributed by atoms with E-state index in [0.717, 1.165) is 12.1 Å². The van der Waals surface area contributed by atoms with Gasteiger partial charge in [-0.3, -0.25) is 4.98 Å². The number of fused-ring (bicyclic) bond motifs is 1. The first-order chi connectivity index (χ1) is 10.3. The van der Waals surface area contributed by atoms with Crippen molar-refractivity contribution in [1.29, 1.82) is 0 Å². The summed E-state index contributed by atoms with van der Waals surface area (Å²) in [4.78, 5) is 6.67. The van der Waals surface area contributed by atoms with Gasteiger partial charge in [0.25, 0.3) is 0 Å². The molecular weight excluding hydrogens is 258 g/mol. The second-order valence-electron chi connectivity index (χ2n) is 5.23. The van der Waals surface area contributed by atoms with Gasteiger partial charge in [-0.05, 0) is 23.3 Å². The first kappa shape index (κ1) is 13.6. The smallest absolute Gasteiger partial charge is 0.0722 e. The van der Waals surface area contributed by atoms with E-state index in [1.807, 2.05) is 18.3 Å². The van der Waals surface area contributed by atoms with Crippen LogP contribution in [0.3, 0.4) is 0 Å². The molecule has 0 radical (unpaired) electrons. The molecule has 2 aromatic carbocycles. The van der Waals surface area contributed by atoms with Crippen molar-refractivity contribution in [3.8, 4) is 0 Å². The monoisotopic (exact) mass is 277 g/mol. The van der Waals surface area contributed by atoms with Crippen LogP contribution in [0, 0.1) is 0 Å². The second kappa shape index (κ2) is 5.94. The number of nitrogens with two attached hydrogens (primary N) is 1. The van der Waals surface area contributed by atoms with Crippen LogP contribution in [0.2, 0.25) is 0 Å². The number of para-hydroxylation sites is 1. The fourth-order valence-corrected chi connectivity index (χ4v) is 2.63. The molecule has 0 saturated heterocycles. The Morgan fingerprint density at radius 2 is 1.81 bits per heavy atom. The Balaban J connectivity index is 1.91. The average molecular weight is 277 g/mol. The highest BCUT2D eigenvalue weighted by atomic mass is 15.1. The van der Waals surface area contributed by atoms with Crippen LogP contribution < -0.4 is 10.6 Å². The predicted octanol–water partition coefficient (Wildman–Crippen LogP) is 3.33. The zero-order valence-electron chi connectivity index (χ0n) is 12.2. The van der Waals surface area contributed by atoms with Crippen molar-refractivity contribution in [2.45, 2.75) is 13.1 Å². The molecule has 0 aliphatic rings. The number of aromatic nitrogens is 1. The lowest BCUT2D eigenvalue weighted by Crippen LogP contribution is -2.17. The highest BCUT2D eigenvalue weighted by molar-refractivity contribution is 5.91. The van der Waals surface area contributed by atoms with E-state index in [2.05, 4.69) is 59.4 Å². The summed E-state index contributed by atoms with van der Waals surface area (Å²) in [6, 6.07) is 18.7. The molecule has 0 unspecified atom stereocenters. The normalized spacial score (nSPS) is 10.8. The van der Waals surface area contributed by atoms with Gasteiger partial charge in [0.2, 0.25) is 0 Å². The molecule has 1 aromatic heterocycles. The Morgan fingerprint density at radius 1 is 1.00 bits per heavy atom. The molecule has 3 heteroatoms. The van der Waals surface area contributed by atoms with Gasteiger partial charge in [0.1, 0.15) is 0 Å². The highest BCUT2D eigenvalue weighted by Crippen LogP contribution is 2.25. The van der Waals surface area contributed by atoms with Crippen LogP contribution in [0.1, 0.15) is 11.1 Å². The minimum atomic E-state index is 0.579. The summed E-state index contributed by atoms with van der Waals surface area (Å²) < 4.78 is 0. The summed E-state index contributed by atoms with van der Waals surface area (Å²) in [7, 11) is 2.11. The van der Waals surface area contributed by atoms with Gasteiger partial charge in [-0.1, -0.05) is 42.5 Å². The van der Waals surface area contributed by atoms with Crippen LogP contribution >= 0.6 is 0 Å². The van der Waals surface area contributed by atoms with Gasteiger partial charge in [0.05, 0.1) is 5.52 Å². The standard InChI is InChI=1S/C18H19N3/c1-21(13-15-6-4-5-14(11-15)12-19)18-9-10-20-17-8-3-2-7-16(17)18/h2-11H,12-13,19H2,1H3. The van der Waals surface area contributed by atoms with E-state index in [4.69, 9.17) is 5.73 Å². The molecule has 0 aliphatic carbocycles. The summed E-state index contributed by atoms with van der Waals surface area (Å²) in [5.74, 6) is 0. The molecule has 0 fully saturated rings. The first-order valence-corrected chi connectivity index (χ1v) is 7.10. The molecule has 1 heterocycles. The summed E-state index contributed by atoms with van der Waals surface area (Å²) >= 11 is 0. The van der Waals surface area contributed by atoms with Crippen molar-refractivity contribution in [2.24, 2.45) is 5.73 Å². The molecule has 0 spiro atoms. The van der Waals surface area contributed by atoms with Crippen LogP contribution in [0.4, 0.5) is 5.69 Å². The van der Waals surface area contributed by atoms with Crippen molar-refractivity contribution in [1.82, 2.24) is 4.98 Å². The maximum absolute atomic E-state index is 5.71. The number of anilines is 1. The van der Waals surface area contributed by atoms with Crippen molar-refractivity contribution < 1.29 is 0 Å². The van der Waals surface area contributed by atoms with Crippen molar-refractivity contribution in [3.63, 3.8) is 0 Å². The van der Waals surface area contributed by atoms with Gasteiger partial charge in [0.15, 0.2) is 0 Å². The highest BCUT2D eigenvalue weighted by Gasteiger charge is 2.07. The summed E-state index contributed by atoms with van der Waals surface area (Å²) in [5.41, 5.74) is 10.4. The van der Waals surface area contributed by atoms with Crippen molar-refractivity contribution in [3.05, 3.63) is 71.9 Å². The zero-order chi connectivity index (χ0) is 14.7. The molecule has 0 atom stereocenters. The fraction of sp³-hybridized carbons (Fsp3) is 0.167. The molecule has 2 N–H and O–H groups in total. The molecule has 3 aromatic rings. The van der Waals surface area contributed by atoms with E-state index in [-0.39, 0.29) is 0 Å². The van der Waals surface area contributed by atoms with Crippen LogP contribution in [0.25, 0.3) is 10.9 Å². The molecule has 106 valence electrons. The largest absolute Gasteiger partial charge is 0.370 e. The average Bonchev–Trinajstić information content (AvgIpc) is 2.54. The number of hydrogen-bond donors (Lipinski definition) is 1. The molecule has 0 bridgehead atoms. The van der Waals surface area contributed by atoms with E-state index in [9.17, 15) is 0 Å². The predicted molar refractivity (Wildman–Crippen MR) is 88.2 cm³/mol. The van der Waals surface area contributed by atoms with Crippen LogP contribution in [0.15, 0.2) is 60.8 Å². The summed E-state index contributed by atoms with van der Waals surface area (Å²) in [5, 5.41) is 1.18. The number of rotatable bonds is 4. The Hall–Kier alpha value is -2.39. The quantitative estimate of drug-likeness (QED) is 0.795. The summed E-state index contributed by atoms with van der Waals surface area (Å²) in [6.07, 6.45) is 1.87.